The molecule has 0 unspecified atom stereocenters. The number of azide groups is 1. The van der Waals surface area contributed by atoms with Crippen molar-refractivity contribution >= 4 is 0 Å². The maximum Gasteiger partial charge on any atom is 0.187 e. The first-order valence-electron chi connectivity index (χ1n) is 25.2. The predicted octanol–water partition coefficient (Wildman–Crippen LogP) is 11.5. The first-order valence-corrected chi connectivity index (χ1v) is 25.2. The fraction of sp³-hybridized carbons (Fsp3) is 0.311. The minimum absolute atomic E-state index is 0.0562. The lowest BCUT2D eigenvalue weighted by Gasteiger charge is -2.49. The molecule has 0 amide bonds. The molecule has 10 atom stereocenters. The molecule has 0 aliphatic carbocycles. The van der Waals surface area contributed by atoms with Crippen LogP contribution in [-0.2, 0) is 93.6 Å². The highest BCUT2D eigenvalue weighted by atomic mass is 16.8. The number of rotatable bonds is 26. The van der Waals surface area contributed by atoms with Crippen LogP contribution in [0.15, 0.2) is 217 Å². The minimum atomic E-state index is -1.25. The average Bonchev–Trinajstić information content (AvgIpc) is 3.46. The van der Waals surface area contributed by atoms with Crippen LogP contribution in [0.5, 0.6) is 0 Å². The molecule has 7 aromatic rings. The number of hydrogen-bond acceptors (Lipinski definition) is 11. The van der Waals surface area contributed by atoms with Crippen LogP contribution in [0.2, 0.25) is 0 Å². The summed E-state index contributed by atoms with van der Waals surface area (Å²) < 4.78 is 68.8. The van der Waals surface area contributed by atoms with Crippen molar-refractivity contribution in [3.05, 3.63) is 262 Å². The van der Waals surface area contributed by atoms with E-state index < -0.39 is 61.3 Å². The van der Waals surface area contributed by atoms with Gasteiger partial charge in [-0.25, -0.2) is 0 Å². The lowest BCUT2D eigenvalue weighted by Crippen LogP contribution is -2.65. The highest BCUT2D eigenvalue weighted by molar-refractivity contribution is 5.19. The van der Waals surface area contributed by atoms with E-state index in [9.17, 15) is 5.53 Å². The van der Waals surface area contributed by atoms with Gasteiger partial charge in [-0.15, -0.1) is 0 Å². The van der Waals surface area contributed by atoms with Gasteiger partial charge in [-0.2, -0.15) is 0 Å². The van der Waals surface area contributed by atoms with E-state index in [0.717, 1.165) is 38.9 Å². The monoisotopic (exact) mass is 997 g/mol. The van der Waals surface area contributed by atoms with Gasteiger partial charge in [-0.1, -0.05) is 217 Å². The Hall–Kier alpha value is -6.55. The lowest BCUT2D eigenvalue weighted by molar-refractivity contribution is -0.362. The third-order valence-corrected chi connectivity index (χ3v) is 12.9. The molecule has 7 aromatic carbocycles. The summed E-state index contributed by atoms with van der Waals surface area (Å²) in [7, 11) is 0. The molecule has 13 heteroatoms. The molecular formula is C61H63N3O10. The van der Waals surface area contributed by atoms with E-state index >= 15 is 0 Å². The van der Waals surface area contributed by atoms with Crippen LogP contribution < -0.4 is 0 Å². The van der Waals surface area contributed by atoms with E-state index in [1.54, 1.807) is 0 Å². The zero-order chi connectivity index (χ0) is 50.4. The van der Waals surface area contributed by atoms with Gasteiger partial charge in [0.05, 0.1) is 59.5 Å². The van der Waals surface area contributed by atoms with Crippen molar-refractivity contribution in [3.63, 3.8) is 0 Å². The summed E-state index contributed by atoms with van der Waals surface area (Å²) in [5.41, 5.74) is 17.1. The fourth-order valence-electron chi connectivity index (χ4n) is 9.10. The number of benzene rings is 7. The molecule has 0 saturated carbocycles. The molecule has 2 aliphatic rings. The highest BCUT2D eigenvalue weighted by Crippen LogP contribution is 2.37. The second-order valence-electron chi connectivity index (χ2n) is 18.2. The largest absolute Gasteiger partial charge is 0.374 e. The van der Waals surface area contributed by atoms with E-state index in [0.29, 0.717) is 13.2 Å². The number of hydrogen-bond donors (Lipinski definition) is 0. The topological polar surface area (TPSA) is 141 Å². The molecule has 0 N–H and O–H groups in total. The Morgan fingerprint density at radius 2 is 0.649 bits per heavy atom. The lowest BCUT2D eigenvalue weighted by atomic mass is 9.95. The smallest absolute Gasteiger partial charge is 0.187 e. The zero-order valence-corrected chi connectivity index (χ0v) is 41.3. The van der Waals surface area contributed by atoms with E-state index in [1.807, 2.05) is 212 Å². The quantitative estimate of drug-likeness (QED) is 0.0292. The SMILES string of the molecule is [N-]=[N+]=N[C@@H]1[C@@H](O[C@H]2[C@H](OCc3ccccc3)[C@@H](OCc3ccccc3)[C@H](OCc3ccccc3)O[C@@H]2COCc2ccccc2)O[C@H](COCc2ccccc2)[C@@H](OCc2ccccc2)[C@@H]1OCc1ccccc1. The van der Waals surface area contributed by atoms with Gasteiger partial charge in [0, 0.05) is 4.91 Å². The zero-order valence-electron chi connectivity index (χ0n) is 41.3. The predicted molar refractivity (Wildman–Crippen MR) is 279 cm³/mol. The van der Waals surface area contributed by atoms with Crippen LogP contribution in [-0.4, -0.2) is 74.6 Å². The molecule has 2 fully saturated rings. The average molecular weight is 998 g/mol. The van der Waals surface area contributed by atoms with Crippen LogP contribution in [0.4, 0.5) is 0 Å². The number of nitrogens with zero attached hydrogens (tertiary/aromatic N) is 3. The molecule has 9 rings (SSSR count). The molecule has 0 bridgehead atoms. The Kier molecular flexibility index (Phi) is 19.9. The van der Waals surface area contributed by atoms with Gasteiger partial charge in [0.2, 0.25) is 0 Å². The van der Waals surface area contributed by atoms with Crippen LogP contribution in [0.25, 0.3) is 10.4 Å². The van der Waals surface area contributed by atoms with Gasteiger partial charge in [0.15, 0.2) is 12.6 Å². The van der Waals surface area contributed by atoms with Crippen molar-refractivity contribution in [3.8, 4) is 0 Å². The van der Waals surface area contributed by atoms with Crippen molar-refractivity contribution < 1.29 is 47.4 Å². The molecular weight excluding hydrogens is 935 g/mol. The maximum atomic E-state index is 10.4. The molecule has 0 radical (unpaired) electrons. The van der Waals surface area contributed by atoms with Gasteiger partial charge in [-0.05, 0) is 44.5 Å². The molecule has 0 spiro atoms. The van der Waals surface area contributed by atoms with Gasteiger partial charge in [0.25, 0.3) is 0 Å². The van der Waals surface area contributed by atoms with Crippen molar-refractivity contribution in [2.75, 3.05) is 13.2 Å². The standard InChI is InChI=1S/C61H63N3O10/c62-64-63-54-57(68-39-48-28-14-4-15-29-48)55(67-38-47-26-12-3-13-27-47)52(43-65-36-45-22-8-1-9-23-45)72-60(54)74-56-53(44-66-37-46-24-10-2-11-25-46)73-61(71-42-51-34-20-7-21-35-51)59(70-41-50-32-18-6-19-33-50)58(56)69-40-49-30-16-5-17-31-49/h1-35,52-61H,36-44H2/t52-,53-,54+,55-,56-,57-,58+,59-,60-,61-/m1/s1. The molecule has 2 aliphatic heterocycles. The van der Waals surface area contributed by atoms with Crippen LogP contribution >= 0.6 is 0 Å². The van der Waals surface area contributed by atoms with Crippen molar-refractivity contribution in [2.45, 2.75) is 108 Å². The third kappa shape index (κ3) is 15.3. The normalized spacial score (nSPS) is 23.7. The maximum absolute atomic E-state index is 10.4. The Labute approximate surface area is 433 Å². The molecule has 13 nitrogen and oxygen atoms in total. The van der Waals surface area contributed by atoms with Gasteiger partial charge in [-0.3, -0.25) is 0 Å². The van der Waals surface area contributed by atoms with Crippen LogP contribution in [0.3, 0.4) is 0 Å². The van der Waals surface area contributed by atoms with E-state index in [-0.39, 0.29) is 46.2 Å². The summed E-state index contributed by atoms with van der Waals surface area (Å²) in [5, 5.41) is 4.43. The number of ether oxygens (including phenoxy) is 10. The Morgan fingerprint density at radius 1 is 0.338 bits per heavy atom. The summed E-state index contributed by atoms with van der Waals surface area (Å²) in [4.78, 5) is 3.39. The van der Waals surface area contributed by atoms with Crippen molar-refractivity contribution in [1.29, 1.82) is 0 Å². The molecule has 0 aromatic heterocycles. The summed E-state index contributed by atoms with van der Waals surface area (Å²) in [6.45, 7) is 1.78. The van der Waals surface area contributed by atoms with E-state index in [2.05, 4.69) is 10.0 Å². The van der Waals surface area contributed by atoms with E-state index in [1.165, 1.54) is 0 Å². The summed E-state index contributed by atoms with van der Waals surface area (Å²) >= 11 is 0. The minimum Gasteiger partial charge on any atom is -0.374 e. The van der Waals surface area contributed by atoms with Crippen LogP contribution in [0.1, 0.15) is 38.9 Å². The van der Waals surface area contributed by atoms with Crippen molar-refractivity contribution in [2.24, 2.45) is 5.11 Å². The molecule has 74 heavy (non-hydrogen) atoms. The molecule has 2 heterocycles. The molecule has 2 saturated heterocycles. The second-order valence-corrected chi connectivity index (χ2v) is 18.2. The third-order valence-electron chi connectivity index (χ3n) is 12.9. The van der Waals surface area contributed by atoms with Crippen LogP contribution in [0, 0.1) is 0 Å². The Balaban J connectivity index is 1.10. The summed E-state index contributed by atoms with van der Waals surface area (Å²) in [6.07, 6.45) is -8.24. The Morgan fingerprint density at radius 3 is 1.04 bits per heavy atom. The van der Waals surface area contributed by atoms with Gasteiger partial charge >= 0.3 is 0 Å². The fourth-order valence-corrected chi connectivity index (χ4v) is 9.10. The first-order chi connectivity index (χ1) is 36.7. The Bertz CT molecular complexity index is 2690. The second kappa shape index (κ2) is 28.2. The molecule has 382 valence electrons. The van der Waals surface area contributed by atoms with E-state index in [4.69, 9.17) is 47.4 Å². The van der Waals surface area contributed by atoms with Gasteiger partial charge in [0.1, 0.15) is 48.8 Å². The highest BCUT2D eigenvalue weighted by Gasteiger charge is 2.54. The van der Waals surface area contributed by atoms with Crippen molar-refractivity contribution in [1.82, 2.24) is 0 Å². The summed E-state index contributed by atoms with van der Waals surface area (Å²) in [6, 6.07) is 68.2. The summed E-state index contributed by atoms with van der Waals surface area (Å²) in [5.74, 6) is 0. The first kappa shape index (κ1) is 52.3. The van der Waals surface area contributed by atoms with Gasteiger partial charge < -0.3 is 47.4 Å².